The van der Waals surface area contributed by atoms with Gasteiger partial charge in [-0.25, -0.2) is 0 Å². The van der Waals surface area contributed by atoms with Gasteiger partial charge in [-0.05, 0) is 25.1 Å². The zero-order valence-electron chi connectivity index (χ0n) is 11.7. The zero-order valence-corrected chi connectivity index (χ0v) is 12.4. The highest BCUT2D eigenvalue weighted by molar-refractivity contribution is 6.32. The van der Waals surface area contributed by atoms with Gasteiger partial charge in [-0.15, -0.1) is 11.6 Å². The number of methoxy groups -OCH3 is 1. The smallest absolute Gasteiger partial charge is 0.242 e. The van der Waals surface area contributed by atoms with Crippen LogP contribution in [0.25, 0.3) is 0 Å². The van der Waals surface area contributed by atoms with E-state index < -0.39 is 5.38 Å². The predicted molar refractivity (Wildman–Crippen MR) is 80.0 cm³/mol. The number of nitrogens with one attached hydrogen (secondary N) is 1. The van der Waals surface area contributed by atoms with Crippen LogP contribution in [-0.4, -0.2) is 44.7 Å². The Morgan fingerprint density at radius 1 is 1.45 bits per heavy atom. The first-order valence-electron chi connectivity index (χ1n) is 6.57. The molecular weight excluding hydrogens is 280 g/mol. The molecule has 0 aliphatic carbocycles. The molecule has 1 fully saturated rings. The molecule has 1 atom stereocenters. The van der Waals surface area contributed by atoms with Crippen LogP contribution in [0.3, 0.4) is 0 Å². The number of alkyl halides is 1. The van der Waals surface area contributed by atoms with Crippen molar-refractivity contribution in [3.8, 4) is 5.75 Å². The Morgan fingerprint density at radius 3 is 2.75 bits per heavy atom. The Labute approximate surface area is 123 Å². The molecule has 1 aliphatic rings. The van der Waals surface area contributed by atoms with Crippen LogP contribution < -0.4 is 15.0 Å². The third-order valence-corrected chi connectivity index (χ3v) is 3.36. The number of carbonyl (C=O) groups excluding carboxylic acids is 1. The second-order valence-electron chi connectivity index (χ2n) is 4.59. The normalized spacial score (nSPS) is 16.6. The highest BCUT2D eigenvalue weighted by Gasteiger charge is 2.17. The summed E-state index contributed by atoms with van der Waals surface area (Å²) < 4.78 is 10.7. The number of rotatable bonds is 4. The molecule has 20 heavy (non-hydrogen) atoms. The fraction of sp³-hybridized carbons (Fsp3) is 0.500. The molecule has 0 aromatic heterocycles. The Bertz CT molecular complexity index is 473. The molecule has 1 saturated heterocycles. The Morgan fingerprint density at radius 2 is 2.15 bits per heavy atom. The summed E-state index contributed by atoms with van der Waals surface area (Å²) in [6.07, 6.45) is 0. The van der Waals surface area contributed by atoms with Gasteiger partial charge in [0.2, 0.25) is 5.91 Å². The average Bonchev–Trinajstić information content (AvgIpc) is 2.48. The van der Waals surface area contributed by atoms with Gasteiger partial charge in [-0.1, -0.05) is 0 Å². The SMILES string of the molecule is COc1ccc(NC(=O)[C@@H](C)Cl)cc1N1CCOCC1. The highest BCUT2D eigenvalue weighted by atomic mass is 35.5. The summed E-state index contributed by atoms with van der Waals surface area (Å²) in [5.74, 6) is 0.564. The Hall–Kier alpha value is -1.46. The third-order valence-electron chi connectivity index (χ3n) is 3.16. The van der Waals surface area contributed by atoms with Crippen LogP contribution in [-0.2, 0) is 9.53 Å². The Balaban J connectivity index is 2.21. The summed E-state index contributed by atoms with van der Waals surface area (Å²) in [6, 6.07) is 5.56. The van der Waals surface area contributed by atoms with Crippen LogP contribution in [0.1, 0.15) is 6.92 Å². The van der Waals surface area contributed by atoms with Crippen molar-refractivity contribution in [1.82, 2.24) is 0 Å². The molecule has 0 bridgehead atoms. The number of anilines is 2. The number of morpholine rings is 1. The van der Waals surface area contributed by atoms with Gasteiger partial charge in [0.1, 0.15) is 11.1 Å². The highest BCUT2D eigenvalue weighted by Crippen LogP contribution is 2.32. The second kappa shape index (κ2) is 6.81. The lowest BCUT2D eigenvalue weighted by molar-refractivity contribution is -0.115. The summed E-state index contributed by atoms with van der Waals surface area (Å²) >= 11 is 5.76. The van der Waals surface area contributed by atoms with Crippen LogP contribution >= 0.6 is 11.6 Å². The second-order valence-corrected chi connectivity index (χ2v) is 5.25. The molecule has 1 aromatic rings. The molecule has 0 saturated carbocycles. The first-order chi connectivity index (χ1) is 9.61. The number of ether oxygens (including phenoxy) is 2. The van der Waals surface area contributed by atoms with Gasteiger partial charge in [0.05, 0.1) is 26.0 Å². The molecule has 110 valence electrons. The van der Waals surface area contributed by atoms with Crippen molar-refractivity contribution in [1.29, 1.82) is 0 Å². The Kier molecular flexibility index (Phi) is 5.09. The maximum absolute atomic E-state index is 11.6. The molecular formula is C14H19ClN2O3. The summed E-state index contributed by atoms with van der Waals surface area (Å²) in [4.78, 5) is 13.8. The van der Waals surface area contributed by atoms with E-state index in [1.165, 1.54) is 0 Å². The van der Waals surface area contributed by atoms with Gasteiger partial charge < -0.3 is 19.7 Å². The van der Waals surface area contributed by atoms with E-state index in [1.54, 1.807) is 20.1 Å². The first-order valence-corrected chi connectivity index (χ1v) is 7.01. The van der Waals surface area contributed by atoms with Gasteiger partial charge >= 0.3 is 0 Å². The third kappa shape index (κ3) is 3.55. The molecule has 0 spiro atoms. The molecule has 0 radical (unpaired) electrons. The maximum atomic E-state index is 11.6. The fourth-order valence-corrected chi connectivity index (χ4v) is 2.12. The first kappa shape index (κ1) is 14.9. The van der Waals surface area contributed by atoms with Crippen LogP contribution in [0.15, 0.2) is 18.2 Å². The predicted octanol–water partition coefficient (Wildman–Crippen LogP) is 2.10. The van der Waals surface area contributed by atoms with E-state index >= 15 is 0 Å². The van der Waals surface area contributed by atoms with Crippen LogP contribution in [0.5, 0.6) is 5.75 Å². The summed E-state index contributed by atoms with van der Waals surface area (Å²) in [7, 11) is 1.64. The van der Waals surface area contributed by atoms with Crippen molar-refractivity contribution in [2.45, 2.75) is 12.3 Å². The van der Waals surface area contributed by atoms with Crippen LogP contribution in [0.2, 0.25) is 0 Å². The van der Waals surface area contributed by atoms with E-state index in [2.05, 4.69) is 10.2 Å². The van der Waals surface area contributed by atoms with Gasteiger partial charge in [0.25, 0.3) is 0 Å². The van der Waals surface area contributed by atoms with E-state index in [0.29, 0.717) is 18.9 Å². The van der Waals surface area contributed by atoms with Crippen molar-refractivity contribution in [3.05, 3.63) is 18.2 Å². The van der Waals surface area contributed by atoms with Gasteiger partial charge in [0, 0.05) is 18.8 Å². The minimum absolute atomic E-state index is 0.218. The van der Waals surface area contributed by atoms with Gasteiger partial charge in [-0.3, -0.25) is 4.79 Å². The maximum Gasteiger partial charge on any atom is 0.242 e. The van der Waals surface area contributed by atoms with E-state index in [-0.39, 0.29) is 5.91 Å². The van der Waals surface area contributed by atoms with E-state index in [1.807, 2.05) is 12.1 Å². The lowest BCUT2D eigenvalue weighted by Crippen LogP contribution is -2.36. The van der Waals surface area contributed by atoms with Gasteiger partial charge in [-0.2, -0.15) is 0 Å². The van der Waals surface area contributed by atoms with Crippen molar-refractivity contribution < 1.29 is 14.3 Å². The number of halogens is 1. The number of hydrogen-bond acceptors (Lipinski definition) is 4. The van der Waals surface area contributed by atoms with Crippen molar-refractivity contribution in [2.24, 2.45) is 0 Å². The molecule has 2 rings (SSSR count). The van der Waals surface area contributed by atoms with E-state index in [0.717, 1.165) is 24.5 Å². The van der Waals surface area contributed by atoms with Crippen molar-refractivity contribution in [3.63, 3.8) is 0 Å². The zero-order chi connectivity index (χ0) is 14.5. The number of hydrogen-bond donors (Lipinski definition) is 1. The van der Waals surface area contributed by atoms with Crippen LogP contribution in [0.4, 0.5) is 11.4 Å². The van der Waals surface area contributed by atoms with Crippen molar-refractivity contribution >= 4 is 28.9 Å². The van der Waals surface area contributed by atoms with Crippen molar-refractivity contribution in [2.75, 3.05) is 43.6 Å². The molecule has 5 nitrogen and oxygen atoms in total. The lowest BCUT2D eigenvalue weighted by Gasteiger charge is -2.30. The van der Waals surface area contributed by atoms with E-state index in [9.17, 15) is 4.79 Å². The summed E-state index contributed by atoms with van der Waals surface area (Å²) in [5.41, 5.74) is 1.67. The summed E-state index contributed by atoms with van der Waals surface area (Å²) in [5, 5.41) is 2.22. The molecule has 1 aliphatic heterocycles. The molecule has 1 N–H and O–H groups in total. The quantitative estimate of drug-likeness (QED) is 0.865. The minimum atomic E-state index is -0.566. The number of carbonyl (C=O) groups is 1. The lowest BCUT2D eigenvalue weighted by atomic mass is 10.2. The largest absolute Gasteiger partial charge is 0.495 e. The average molecular weight is 299 g/mol. The standard InChI is InChI=1S/C14H19ClN2O3/c1-10(15)14(18)16-11-3-4-13(19-2)12(9-11)17-5-7-20-8-6-17/h3-4,9-10H,5-8H2,1-2H3,(H,16,18)/t10-/m1/s1. The van der Waals surface area contributed by atoms with Gasteiger partial charge in [0.15, 0.2) is 0 Å². The van der Waals surface area contributed by atoms with E-state index in [4.69, 9.17) is 21.1 Å². The fourth-order valence-electron chi connectivity index (χ4n) is 2.06. The number of benzene rings is 1. The molecule has 0 unspecified atom stereocenters. The molecule has 1 aromatic carbocycles. The number of amides is 1. The minimum Gasteiger partial charge on any atom is -0.495 e. The monoisotopic (exact) mass is 298 g/mol. The number of nitrogens with zero attached hydrogens (tertiary/aromatic N) is 1. The molecule has 1 amide bonds. The molecule has 1 heterocycles. The topological polar surface area (TPSA) is 50.8 Å². The molecule has 6 heteroatoms. The summed E-state index contributed by atoms with van der Waals surface area (Å²) in [6.45, 7) is 4.64. The van der Waals surface area contributed by atoms with Crippen LogP contribution in [0, 0.1) is 0 Å².